The van der Waals surface area contributed by atoms with Crippen molar-refractivity contribution in [1.29, 1.82) is 0 Å². The maximum Gasteiger partial charge on any atom is 0.140 e. The second-order valence-corrected chi connectivity index (χ2v) is 8.94. The number of hydrogen-bond acceptors (Lipinski definition) is 6. The molecule has 0 bridgehead atoms. The van der Waals surface area contributed by atoms with Crippen molar-refractivity contribution in [3.63, 3.8) is 0 Å². The topological polar surface area (TPSA) is 40.1 Å². The molecule has 0 amide bonds. The quantitative estimate of drug-likeness (QED) is 0.654. The third-order valence-electron chi connectivity index (χ3n) is 5.98. The van der Waals surface area contributed by atoms with Gasteiger partial charge in [-0.15, -0.1) is 11.3 Å². The van der Waals surface area contributed by atoms with Gasteiger partial charge in [0.05, 0.1) is 16.9 Å². The fourth-order valence-electron chi connectivity index (χ4n) is 4.29. The Morgan fingerprint density at radius 1 is 1.23 bits per heavy atom. The van der Waals surface area contributed by atoms with E-state index >= 15 is 0 Å². The first-order chi connectivity index (χ1) is 14.6. The van der Waals surface area contributed by atoms with Crippen molar-refractivity contribution in [2.24, 2.45) is 4.99 Å². The molecule has 0 saturated carbocycles. The second-order valence-electron chi connectivity index (χ2n) is 7.89. The molecule has 2 aliphatic heterocycles. The summed E-state index contributed by atoms with van der Waals surface area (Å²) in [6.45, 7) is 3.50. The smallest absolute Gasteiger partial charge is 0.140 e. The fourth-order valence-corrected chi connectivity index (χ4v) is 5.40. The summed E-state index contributed by atoms with van der Waals surface area (Å²) in [5.41, 5.74) is 2.59. The lowest BCUT2D eigenvalue weighted by Gasteiger charge is -2.41. The number of piperazine rings is 1. The molecule has 0 spiro atoms. The van der Waals surface area contributed by atoms with Crippen molar-refractivity contribution in [2.45, 2.75) is 12.5 Å². The normalized spacial score (nSPS) is 19.1. The highest BCUT2D eigenvalue weighted by atomic mass is 32.1. The largest absolute Gasteiger partial charge is 0.385 e. The number of benzene rings is 2. The van der Waals surface area contributed by atoms with E-state index in [1.165, 1.54) is 22.2 Å². The maximum atomic E-state index is 14.0. The summed E-state index contributed by atoms with van der Waals surface area (Å²) in [4.78, 5) is 9.87. The Morgan fingerprint density at radius 2 is 2.10 bits per heavy atom. The molecule has 1 fully saturated rings. The molecule has 3 heterocycles. The number of thiophene rings is 1. The van der Waals surface area contributed by atoms with Crippen LogP contribution in [0.3, 0.4) is 0 Å². The maximum absolute atomic E-state index is 14.0. The standard InChI is InChI=1S/C23H25FN4OS/c1-27-10-11-28(14-16(27)9-12-29-2)22-21-17-5-3-4-6-20(17)30-23(21)26-19-13-15(24)7-8-18(19)25-22/h3-8,13,16,26H,9-12,14H2,1-2H3. The molecular formula is C23H25FN4OS. The number of nitrogens with zero attached hydrogens (tertiary/aromatic N) is 3. The molecule has 3 aromatic rings. The first kappa shape index (κ1) is 19.5. The summed E-state index contributed by atoms with van der Waals surface area (Å²) < 4.78 is 20.5. The number of anilines is 2. The van der Waals surface area contributed by atoms with Gasteiger partial charge in [0, 0.05) is 49.5 Å². The van der Waals surface area contributed by atoms with Crippen LogP contribution in [0.15, 0.2) is 47.5 Å². The summed E-state index contributed by atoms with van der Waals surface area (Å²) in [5, 5.41) is 5.67. The van der Waals surface area contributed by atoms with Crippen molar-refractivity contribution in [2.75, 3.05) is 45.7 Å². The summed E-state index contributed by atoms with van der Waals surface area (Å²) >= 11 is 1.69. The van der Waals surface area contributed by atoms with Crippen molar-refractivity contribution in [3.05, 3.63) is 53.8 Å². The molecule has 1 N–H and O–H groups in total. The molecule has 2 aromatic carbocycles. The van der Waals surface area contributed by atoms with Gasteiger partial charge in [-0.2, -0.15) is 0 Å². The van der Waals surface area contributed by atoms with Crippen LogP contribution < -0.4 is 5.32 Å². The third-order valence-corrected chi connectivity index (χ3v) is 7.07. The third kappa shape index (κ3) is 3.47. The van der Waals surface area contributed by atoms with Gasteiger partial charge in [-0.25, -0.2) is 9.38 Å². The highest BCUT2D eigenvalue weighted by molar-refractivity contribution is 7.23. The van der Waals surface area contributed by atoms with Crippen LogP contribution in [-0.4, -0.2) is 62.1 Å². The minimum atomic E-state index is -0.262. The highest BCUT2D eigenvalue weighted by Gasteiger charge is 2.31. The van der Waals surface area contributed by atoms with E-state index in [2.05, 4.69) is 46.4 Å². The van der Waals surface area contributed by atoms with Crippen molar-refractivity contribution >= 4 is 43.6 Å². The minimum absolute atomic E-state index is 0.262. The first-order valence-electron chi connectivity index (χ1n) is 10.3. The monoisotopic (exact) mass is 424 g/mol. The van der Waals surface area contributed by atoms with E-state index in [0.29, 0.717) is 11.7 Å². The van der Waals surface area contributed by atoms with E-state index in [1.807, 2.05) is 0 Å². The van der Waals surface area contributed by atoms with Crippen molar-refractivity contribution in [3.8, 4) is 0 Å². The lowest BCUT2D eigenvalue weighted by Crippen LogP contribution is -2.53. The van der Waals surface area contributed by atoms with Crippen LogP contribution in [0.2, 0.25) is 0 Å². The number of hydrogen-bond donors (Lipinski definition) is 1. The van der Waals surface area contributed by atoms with Crippen molar-refractivity contribution in [1.82, 2.24) is 9.80 Å². The number of likely N-dealkylation sites (N-methyl/N-ethyl adjacent to an activating group) is 1. The number of amidine groups is 1. The average Bonchev–Trinajstić information content (AvgIpc) is 3.02. The van der Waals surface area contributed by atoms with Crippen LogP contribution >= 0.6 is 11.3 Å². The minimum Gasteiger partial charge on any atom is -0.385 e. The van der Waals surface area contributed by atoms with Gasteiger partial charge in [-0.05, 0) is 37.7 Å². The first-order valence-corrected chi connectivity index (χ1v) is 11.1. The molecule has 7 heteroatoms. The van der Waals surface area contributed by atoms with Crippen molar-refractivity contribution < 1.29 is 9.13 Å². The fraction of sp³-hybridized carbons (Fsp3) is 0.348. The van der Waals surface area contributed by atoms with Gasteiger partial charge < -0.3 is 15.0 Å². The Kier molecular flexibility index (Phi) is 5.18. The number of fused-ring (bicyclic) bond motifs is 4. The average molecular weight is 425 g/mol. The van der Waals surface area contributed by atoms with Gasteiger partial charge in [0.15, 0.2) is 0 Å². The number of methoxy groups -OCH3 is 1. The second kappa shape index (κ2) is 7.98. The molecule has 156 valence electrons. The van der Waals surface area contributed by atoms with E-state index < -0.39 is 0 Å². The van der Waals surface area contributed by atoms with E-state index in [0.717, 1.165) is 54.7 Å². The summed E-state index contributed by atoms with van der Waals surface area (Å²) in [6.07, 6.45) is 0.980. The number of ether oxygens (including phenoxy) is 1. The molecule has 0 radical (unpaired) electrons. The number of aliphatic imine (C=N–C) groups is 1. The lowest BCUT2D eigenvalue weighted by atomic mass is 10.1. The van der Waals surface area contributed by atoms with E-state index in [4.69, 9.17) is 9.73 Å². The Balaban J connectivity index is 1.62. The zero-order valence-electron chi connectivity index (χ0n) is 17.2. The van der Waals surface area contributed by atoms with E-state index in [1.54, 1.807) is 24.5 Å². The Bertz CT molecular complexity index is 1110. The van der Waals surface area contributed by atoms with Crippen LogP contribution in [-0.2, 0) is 4.74 Å². The molecule has 1 unspecified atom stereocenters. The van der Waals surface area contributed by atoms with Crippen LogP contribution in [0.25, 0.3) is 10.1 Å². The van der Waals surface area contributed by atoms with Gasteiger partial charge in [-0.3, -0.25) is 4.90 Å². The predicted octanol–water partition coefficient (Wildman–Crippen LogP) is 4.83. The van der Waals surface area contributed by atoms with Gasteiger partial charge >= 0.3 is 0 Å². The number of halogens is 1. The SMILES string of the molecule is COCCC1CN(C2=Nc3ccc(F)cc3Nc3sc4ccccc4c32)CCN1C. The molecule has 1 saturated heterocycles. The number of rotatable bonds is 3. The Labute approximate surface area is 179 Å². The summed E-state index contributed by atoms with van der Waals surface area (Å²) in [7, 11) is 3.93. The van der Waals surface area contributed by atoms with Crippen LogP contribution in [0.1, 0.15) is 12.0 Å². The molecule has 1 atom stereocenters. The molecule has 5 nitrogen and oxygen atoms in total. The van der Waals surface area contributed by atoms with Gasteiger partial charge in [0.2, 0.25) is 0 Å². The van der Waals surface area contributed by atoms with Gasteiger partial charge in [-0.1, -0.05) is 18.2 Å². The highest BCUT2D eigenvalue weighted by Crippen LogP contribution is 2.43. The van der Waals surface area contributed by atoms with Gasteiger partial charge in [0.1, 0.15) is 16.7 Å². The molecule has 1 aromatic heterocycles. The Morgan fingerprint density at radius 3 is 2.97 bits per heavy atom. The van der Waals surface area contributed by atoms with Crippen LogP contribution in [0, 0.1) is 5.82 Å². The molecular weight excluding hydrogens is 399 g/mol. The molecule has 0 aliphatic carbocycles. The molecule has 2 aliphatic rings. The van der Waals surface area contributed by atoms with Crippen LogP contribution in [0.5, 0.6) is 0 Å². The lowest BCUT2D eigenvalue weighted by molar-refractivity contribution is 0.100. The molecule has 30 heavy (non-hydrogen) atoms. The molecule has 5 rings (SSSR count). The van der Waals surface area contributed by atoms with Gasteiger partial charge in [0.25, 0.3) is 0 Å². The zero-order valence-corrected chi connectivity index (χ0v) is 18.0. The van der Waals surface area contributed by atoms with E-state index in [9.17, 15) is 4.39 Å². The Hall–Kier alpha value is -2.48. The summed E-state index contributed by atoms with van der Waals surface area (Å²) in [5.74, 6) is 0.706. The van der Waals surface area contributed by atoms with Crippen LogP contribution in [0.4, 0.5) is 20.8 Å². The zero-order chi connectivity index (χ0) is 20.7. The number of nitrogens with one attached hydrogen (secondary N) is 1. The summed E-state index contributed by atoms with van der Waals surface area (Å²) in [6, 6.07) is 13.6. The van der Waals surface area contributed by atoms with E-state index in [-0.39, 0.29) is 5.82 Å². The predicted molar refractivity (Wildman–Crippen MR) is 122 cm³/mol.